The highest BCUT2D eigenvalue weighted by Crippen LogP contribution is 2.31. The number of aryl methyl sites for hydroxylation is 1. The first-order valence-electron chi connectivity index (χ1n) is 8.34. The maximum absolute atomic E-state index is 4.66. The molecule has 0 aliphatic rings. The lowest BCUT2D eigenvalue weighted by Gasteiger charge is -2.12. The Kier molecular flexibility index (Phi) is 5.85. The van der Waals surface area contributed by atoms with Gasteiger partial charge in [-0.15, -0.1) is 11.8 Å². The fourth-order valence-electron chi connectivity index (χ4n) is 2.58. The molecule has 0 atom stereocenters. The van der Waals surface area contributed by atoms with E-state index in [9.17, 15) is 0 Å². The lowest BCUT2D eigenvalue weighted by Crippen LogP contribution is -1.98. The number of nitrogens with one attached hydrogen (secondary N) is 1. The first kappa shape index (κ1) is 17.4. The Bertz CT molecular complexity index is 794. The zero-order valence-corrected chi connectivity index (χ0v) is 16.1. The Morgan fingerprint density at radius 2 is 1.96 bits per heavy atom. The molecule has 0 aliphatic carbocycles. The zero-order valence-electron chi connectivity index (χ0n) is 14.4. The molecular formula is C19H23N3S2. The molecule has 0 unspecified atom stereocenters. The maximum atomic E-state index is 4.66. The van der Waals surface area contributed by atoms with Crippen LogP contribution in [0.5, 0.6) is 0 Å². The summed E-state index contributed by atoms with van der Waals surface area (Å²) in [5.41, 5.74) is 5.87. The SMILES string of the molecule is CCCCSc1c(C)cnc(CSc2nc3ccccc3[nH]2)c1C. The van der Waals surface area contributed by atoms with Crippen molar-refractivity contribution in [2.75, 3.05) is 5.75 Å². The summed E-state index contributed by atoms with van der Waals surface area (Å²) in [6.45, 7) is 6.59. The van der Waals surface area contributed by atoms with Gasteiger partial charge in [0, 0.05) is 16.8 Å². The number of hydrogen-bond acceptors (Lipinski definition) is 4. The van der Waals surface area contributed by atoms with Gasteiger partial charge in [-0.3, -0.25) is 4.98 Å². The van der Waals surface area contributed by atoms with Gasteiger partial charge in [-0.25, -0.2) is 4.98 Å². The van der Waals surface area contributed by atoms with E-state index in [0.29, 0.717) is 0 Å². The number of para-hydroxylation sites is 2. The topological polar surface area (TPSA) is 41.6 Å². The molecule has 126 valence electrons. The van der Waals surface area contributed by atoms with Gasteiger partial charge in [0.1, 0.15) is 0 Å². The lowest BCUT2D eigenvalue weighted by molar-refractivity contribution is 0.895. The molecule has 3 aromatic rings. The van der Waals surface area contributed by atoms with Crippen molar-refractivity contribution in [1.82, 2.24) is 15.0 Å². The summed E-state index contributed by atoms with van der Waals surface area (Å²) in [5.74, 6) is 2.02. The van der Waals surface area contributed by atoms with E-state index in [0.717, 1.165) is 27.6 Å². The van der Waals surface area contributed by atoms with Crippen LogP contribution in [0.1, 0.15) is 36.6 Å². The average Bonchev–Trinajstić information content (AvgIpc) is 3.00. The van der Waals surface area contributed by atoms with Crippen LogP contribution in [0.25, 0.3) is 11.0 Å². The largest absolute Gasteiger partial charge is 0.333 e. The molecule has 3 nitrogen and oxygen atoms in total. The van der Waals surface area contributed by atoms with Gasteiger partial charge in [-0.2, -0.15) is 0 Å². The number of unbranched alkanes of at least 4 members (excludes halogenated alkanes) is 1. The second kappa shape index (κ2) is 8.08. The number of nitrogens with zero attached hydrogens (tertiary/aromatic N) is 2. The van der Waals surface area contributed by atoms with Crippen LogP contribution in [-0.2, 0) is 5.75 Å². The Labute approximate surface area is 152 Å². The van der Waals surface area contributed by atoms with Crippen LogP contribution in [0.15, 0.2) is 40.5 Å². The van der Waals surface area contributed by atoms with Crippen molar-refractivity contribution in [3.63, 3.8) is 0 Å². The first-order chi connectivity index (χ1) is 11.7. The van der Waals surface area contributed by atoms with Crippen LogP contribution in [-0.4, -0.2) is 20.7 Å². The minimum absolute atomic E-state index is 0.841. The number of aromatic amines is 1. The predicted molar refractivity (Wildman–Crippen MR) is 105 cm³/mol. The second-order valence-electron chi connectivity index (χ2n) is 5.89. The second-order valence-corrected chi connectivity index (χ2v) is 7.96. The van der Waals surface area contributed by atoms with E-state index in [1.165, 1.54) is 34.6 Å². The van der Waals surface area contributed by atoms with Crippen LogP contribution < -0.4 is 0 Å². The summed E-state index contributed by atoms with van der Waals surface area (Å²) in [4.78, 5) is 14.1. The third-order valence-corrected chi connectivity index (χ3v) is 6.30. The standard InChI is InChI=1S/C19H23N3S2/c1-4-5-10-23-18-13(2)11-20-17(14(18)3)12-24-19-21-15-8-6-7-9-16(15)22-19/h6-9,11H,4-5,10,12H2,1-3H3,(H,21,22). The van der Waals surface area contributed by atoms with Crippen LogP contribution >= 0.6 is 23.5 Å². The van der Waals surface area contributed by atoms with Gasteiger partial charge in [-0.05, 0) is 49.3 Å². The van der Waals surface area contributed by atoms with E-state index >= 15 is 0 Å². The number of imidazole rings is 1. The van der Waals surface area contributed by atoms with Gasteiger partial charge in [0.2, 0.25) is 0 Å². The molecule has 0 saturated carbocycles. The molecule has 2 heterocycles. The normalized spacial score (nSPS) is 11.3. The highest BCUT2D eigenvalue weighted by molar-refractivity contribution is 7.99. The summed E-state index contributed by atoms with van der Waals surface area (Å²) in [7, 11) is 0. The zero-order chi connectivity index (χ0) is 16.9. The number of pyridine rings is 1. The van der Waals surface area contributed by atoms with Crippen LogP contribution in [0, 0.1) is 13.8 Å². The highest BCUT2D eigenvalue weighted by Gasteiger charge is 2.11. The van der Waals surface area contributed by atoms with Crippen LogP contribution in [0.3, 0.4) is 0 Å². The molecule has 2 aromatic heterocycles. The molecule has 0 radical (unpaired) electrons. The molecule has 5 heteroatoms. The molecule has 0 amide bonds. The Hall–Kier alpha value is -1.46. The smallest absolute Gasteiger partial charge is 0.166 e. The van der Waals surface area contributed by atoms with Crippen molar-refractivity contribution in [1.29, 1.82) is 0 Å². The van der Waals surface area contributed by atoms with Crippen LogP contribution in [0.2, 0.25) is 0 Å². The third kappa shape index (κ3) is 3.95. The summed E-state index contributed by atoms with van der Waals surface area (Å²) < 4.78 is 0. The quantitative estimate of drug-likeness (QED) is 0.431. The number of hydrogen-bond donors (Lipinski definition) is 1. The van der Waals surface area contributed by atoms with Crippen molar-refractivity contribution in [2.45, 2.75) is 49.4 Å². The van der Waals surface area contributed by atoms with Crippen molar-refractivity contribution in [2.24, 2.45) is 0 Å². The molecule has 24 heavy (non-hydrogen) atoms. The molecule has 0 saturated heterocycles. The molecule has 1 aromatic carbocycles. The molecular weight excluding hydrogens is 334 g/mol. The molecule has 0 fully saturated rings. The fraction of sp³-hybridized carbons (Fsp3) is 0.368. The Morgan fingerprint density at radius 3 is 2.75 bits per heavy atom. The number of thioether (sulfide) groups is 2. The van der Waals surface area contributed by atoms with Crippen LogP contribution in [0.4, 0.5) is 0 Å². The number of fused-ring (bicyclic) bond motifs is 1. The van der Waals surface area contributed by atoms with Crippen molar-refractivity contribution in [3.8, 4) is 0 Å². The van der Waals surface area contributed by atoms with Crippen molar-refractivity contribution < 1.29 is 0 Å². The Balaban J connectivity index is 1.73. The Morgan fingerprint density at radius 1 is 1.12 bits per heavy atom. The third-order valence-electron chi connectivity index (χ3n) is 4.00. The predicted octanol–water partition coefficient (Wildman–Crippen LogP) is 5.76. The number of rotatable bonds is 7. The summed E-state index contributed by atoms with van der Waals surface area (Å²) >= 11 is 3.68. The highest BCUT2D eigenvalue weighted by atomic mass is 32.2. The van der Waals surface area contributed by atoms with Gasteiger partial charge < -0.3 is 4.98 Å². The van der Waals surface area contributed by atoms with E-state index in [1.807, 2.05) is 36.2 Å². The number of benzene rings is 1. The van der Waals surface area contributed by atoms with E-state index in [-0.39, 0.29) is 0 Å². The minimum atomic E-state index is 0.841. The summed E-state index contributed by atoms with van der Waals surface area (Å²) in [5, 5.41) is 0.957. The minimum Gasteiger partial charge on any atom is -0.333 e. The molecule has 0 spiro atoms. The monoisotopic (exact) mass is 357 g/mol. The first-order valence-corrected chi connectivity index (χ1v) is 10.3. The van der Waals surface area contributed by atoms with E-state index in [4.69, 9.17) is 0 Å². The summed E-state index contributed by atoms with van der Waals surface area (Å²) in [6.07, 6.45) is 4.51. The average molecular weight is 358 g/mol. The van der Waals surface area contributed by atoms with Gasteiger partial charge in [0.25, 0.3) is 0 Å². The maximum Gasteiger partial charge on any atom is 0.166 e. The number of aromatic nitrogens is 3. The van der Waals surface area contributed by atoms with Gasteiger partial charge in [0.05, 0.1) is 16.7 Å². The molecule has 0 aliphatic heterocycles. The molecule has 1 N–H and O–H groups in total. The molecule has 0 bridgehead atoms. The van der Waals surface area contributed by atoms with Crippen molar-refractivity contribution in [3.05, 3.63) is 47.3 Å². The van der Waals surface area contributed by atoms with E-state index in [2.05, 4.69) is 41.8 Å². The number of H-pyrrole nitrogens is 1. The van der Waals surface area contributed by atoms with E-state index in [1.54, 1.807) is 11.8 Å². The molecule has 3 rings (SSSR count). The fourth-order valence-corrected chi connectivity index (χ4v) is 4.74. The van der Waals surface area contributed by atoms with Gasteiger partial charge >= 0.3 is 0 Å². The summed E-state index contributed by atoms with van der Waals surface area (Å²) in [6, 6.07) is 8.14. The van der Waals surface area contributed by atoms with Gasteiger partial charge in [-0.1, -0.05) is 37.2 Å². The van der Waals surface area contributed by atoms with Crippen molar-refractivity contribution >= 4 is 34.6 Å². The van der Waals surface area contributed by atoms with Gasteiger partial charge in [0.15, 0.2) is 5.16 Å². The van der Waals surface area contributed by atoms with E-state index < -0.39 is 0 Å². The lowest BCUT2D eigenvalue weighted by atomic mass is 10.2.